The summed E-state index contributed by atoms with van der Waals surface area (Å²) in [7, 11) is 0. The highest BCUT2D eigenvalue weighted by molar-refractivity contribution is 6.31. The number of nitrogens with one attached hydrogen (secondary N) is 2. The molecule has 2 aromatic carbocycles. The van der Waals surface area contributed by atoms with Gasteiger partial charge in [0.1, 0.15) is 0 Å². The average Bonchev–Trinajstić information content (AvgIpc) is 2.49. The van der Waals surface area contributed by atoms with E-state index in [1.165, 1.54) is 0 Å². The highest BCUT2D eigenvalue weighted by Crippen LogP contribution is 2.22. The topological polar surface area (TPSA) is 41.1 Å². The van der Waals surface area contributed by atoms with E-state index in [4.69, 9.17) is 23.2 Å². The molecule has 2 amide bonds. The summed E-state index contributed by atoms with van der Waals surface area (Å²) in [6.07, 6.45) is 0.781. The highest BCUT2D eigenvalue weighted by Gasteiger charge is 2.13. The summed E-state index contributed by atoms with van der Waals surface area (Å²) in [5.41, 5.74) is 2.68. The number of rotatable bonds is 4. The second-order valence-corrected chi connectivity index (χ2v) is 5.94. The van der Waals surface area contributed by atoms with Crippen molar-refractivity contribution >= 4 is 34.9 Å². The first-order valence-corrected chi connectivity index (χ1v) is 7.84. The van der Waals surface area contributed by atoms with Gasteiger partial charge in [0, 0.05) is 15.7 Å². The molecule has 0 aliphatic heterocycles. The molecule has 116 valence electrons. The Morgan fingerprint density at radius 1 is 1.09 bits per heavy atom. The second-order valence-electron chi connectivity index (χ2n) is 5.07. The lowest BCUT2D eigenvalue weighted by Crippen LogP contribution is -2.32. The molecule has 0 saturated carbocycles. The number of halogens is 2. The van der Waals surface area contributed by atoms with Crippen molar-refractivity contribution in [3.8, 4) is 0 Å². The summed E-state index contributed by atoms with van der Waals surface area (Å²) in [5, 5.41) is 7.06. The molecule has 5 heteroatoms. The molecule has 0 bridgehead atoms. The van der Waals surface area contributed by atoms with E-state index in [9.17, 15) is 4.79 Å². The Labute approximate surface area is 140 Å². The van der Waals surface area contributed by atoms with Gasteiger partial charge in [-0.1, -0.05) is 48.3 Å². The molecular weight excluding hydrogens is 319 g/mol. The number of urea groups is 1. The number of aryl methyl sites for hydroxylation is 1. The van der Waals surface area contributed by atoms with E-state index < -0.39 is 0 Å². The maximum absolute atomic E-state index is 12.2. The lowest BCUT2D eigenvalue weighted by molar-refractivity contribution is 0.248. The molecule has 2 N–H and O–H groups in total. The summed E-state index contributed by atoms with van der Waals surface area (Å²) in [6.45, 7) is 3.94. The molecule has 0 heterocycles. The van der Waals surface area contributed by atoms with Crippen molar-refractivity contribution in [3.05, 3.63) is 63.6 Å². The quantitative estimate of drug-likeness (QED) is 0.752. The van der Waals surface area contributed by atoms with Gasteiger partial charge in [-0.15, -0.1) is 0 Å². The van der Waals surface area contributed by atoms with Crippen molar-refractivity contribution < 1.29 is 4.79 Å². The zero-order chi connectivity index (χ0) is 16.1. The monoisotopic (exact) mass is 336 g/mol. The minimum atomic E-state index is -0.257. The third-order valence-corrected chi connectivity index (χ3v) is 3.92. The summed E-state index contributed by atoms with van der Waals surface area (Å²) >= 11 is 11.9. The van der Waals surface area contributed by atoms with Gasteiger partial charge in [0.05, 0.1) is 6.04 Å². The second kappa shape index (κ2) is 7.52. The molecular formula is C17H18Cl2N2O. The SMILES string of the molecule is CC[C@@H](NC(=O)Nc1cc(Cl)ccc1C)c1ccc(Cl)cc1. The first-order chi connectivity index (χ1) is 10.5. The molecule has 0 saturated heterocycles. The maximum atomic E-state index is 12.2. The fourth-order valence-corrected chi connectivity index (χ4v) is 2.46. The Balaban J connectivity index is 2.06. The maximum Gasteiger partial charge on any atom is 0.319 e. The largest absolute Gasteiger partial charge is 0.331 e. The van der Waals surface area contributed by atoms with E-state index in [2.05, 4.69) is 10.6 Å². The summed E-state index contributed by atoms with van der Waals surface area (Å²) in [4.78, 5) is 12.2. The third kappa shape index (κ3) is 4.39. The molecule has 1 atom stereocenters. The average molecular weight is 337 g/mol. The Morgan fingerprint density at radius 3 is 2.36 bits per heavy atom. The number of anilines is 1. The first kappa shape index (κ1) is 16.7. The molecule has 2 rings (SSSR count). The van der Waals surface area contributed by atoms with Crippen molar-refractivity contribution in [3.63, 3.8) is 0 Å². The smallest absolute Gasteiger partial charge is 0.319 e. The van der Waals surface area contributed by atoms with Crippen LogP contribution in [-0.2, 0) is 0 Å². The zero-order valence-electron chi connectivity index (χ0n) is 12.5. The number of carbonyl (C=O) groups excluding carboxylic acids is 1. The third-order valence-electron chi connectivity index (χ3n) is 3.43. The van der Waals surface area contributed by atoms with E-state index in [0.29, 0.717) is 15.7 Å². The van der Waals surface area contributed by atoms with Crippen molar-refractivity contribution in [2.24, 2.45) is 0 Å². The Kier molecular flexibility index (Phi) is 5.69. The van der Waals surface area contributed by atoms with Gasteiger partial charge in [-0.05, 0) is 48.7 Å². The zero-order valence-corrected chi connectivity index (χ0v) is 14.0. The van der Waals surface area contributed by atoms with Crippen molar-refractivity contribution in [1.82, 2.24) is 5.32 Å². The predicted molar refractivity (Wildman–Crippen MR) is 92.8 cm³/mol. The van der Waals surface area contributed by atoms with E-state index in [1.807, 2.05) is 44.2 Å². The van der Waals surface area contributed by atoms with Gasteiger partial charge in [-0.3, -0.25) is 0 Å². The number of benzene rings is 2. The molecule has 0 unspecified atom stereocenters. The van der Waals surface area contributed by atoms with Crippen LogP contribution in [0.1, 0.15) is 30.5 Å². The van der Waals surface area contributed by atoms with E-state index in [0.717, 1.165) is 17.5 Å². The lowest BCUT2D eigenvalue weighted by Gasteiger charge is -2.18. The Morgan fingerprint density at radius 2 is 1.73 bits per heavy atom. The summed E-state index contributed by atoms with van der Waals surface area (Å²) < 4.78 is 0. The number of carbonyl (C=O) groups is 1. The summed E-state index contributed by atoms with van der Waals surface area (Å²) in [6, 6.07) is 12.5. The molecule has 22 heavy (non-hydrogen) atoms. The van der Waals surface area contributed by atoms with Crippen molar-refractivity contribution in [2.45, 2.75) is 26.3 Å². The van der Waals surface area contributed by atoms with Gasteiger partial charge in [-0.2, -0.15) is 0 Å². The van der Waals surface area contributed by atoms with Gasteiger partial charge >= 0.3 is 6.03 Å². The van der Waals surface area contributed by atoms with Gasteiger partial charge in [0.25, 0.3) is 0 Å². The van der Waals surface area contributed by atoms with E-state index in [-0.39, 0.29) is 12.1 Å². The van der Waals surface area contributed by atoms with Crippen LogP contribution in [0.5, 0.6) is 0 Å². The fraction of sp³-hybridized carbons (Fsp3) is 0.235. The van der Waals surface area contributed by atoms with E-state index in [1.54, 1.807) is 12.1 Å². The number of hydrogen-bond acceptors (Lipinski definition) is 1. The lowest BCUT2D eigenvalue weighted by atomic mass is 10.1. The number of hydrogen-bond donors (Lipinski definition) is 2. The minimum absolute atomic E-state index is 0.0724. The van der Waals surface area contributed by atoms with Crippen LogP contribution >= 0.6 is 23.2 Å². The van der Waals surface area contributed by atoms with Gasteiger partial charge < -0.3 is 10.6 Å². The van der Waals surface area contributed by atoms with Crippen LogP contribution in [0.25, 0.3) is 0 Å². The molecule has 0 aromatic heterocycles. The van der Waals surface area contributed by atoms with Gasteiger partial charge in [-0.25, -0.2) is 4.79 Å². The fourth-order valence-electron chi connectivity index (χ4n) is 2.16. The van der Waals surface area contributed by atoms with Gasteiger partial charge in [0.15, 0.2) is 0 Å². The molecule has 3 nitrogen and oxygen atoms in total. The Bertz CT molecular complexity index is 656. The van der Waals surface area contributed by atoms with Crippen LogP contribution in [-0.4, -0.2) is 6.03 Å². The van der Waals surface area contributed by atoms with Crippen LogP contribution in [0.4, 0.5) is 10.5 Å². The normalized spacial score (nSPS) is 11.8. The molecule has 0 fully saturated rings. The number of amides is 2. The first-order valence-electron chi connectivity index (χ1n) is 7.08. The standard InChI is InChI=1S/C17H18Cl2N2O/c1-3-15(12-5-8-13(18)9-6-12)20-17(22)21-16-10-14(19)7-4-11(16)2/h4-10,15H,3H2,1-2H3,(H2,20,21,22)/t15-/m1/s1. The van der Waals surface area contributed by atoms with Crippen LogP contribution in [0.2, 0.25) is 10.0 Å². The molecule has 0 aliphatic carbocycles. The Hall–Kier alpha value is -1.71. The van der Waals surface area contributed by atoms with Crippen molar-refractivity contribution in [1.29, 1.82) is 0 Å². The molecule has 0 radical (unpaired) electrons. The van der Waals surface area contributed by atoms with Crippen LogP contribution in [0.15, 0.2) is 42.5 Å². The van der Waals surface area contributed by atoms with Crippen molar-refractivity contribution in [2.75, 3.05) is 5.32 Å². The van der Waals surface area contributed by atoms with Crippen LogP contribution in [0, 0.1) is 6.92 Å². The van der Waals surface area contributed by atoms with Crippen LogP contribution in [0.3, 0.4) is 0 Å². The molecule has 2 aromatic rings. The van der Waals surface area contributed by atoms with Crippen LogP contribution < -0.4 is 10.6 Å². The van der Waals surface area contributed by atoms with Gasteiger partial charge in [0.2, 0.25) is 0 Å². The summed E-state index contributed by atoms with van der Waals surface area (Å²) in [5.74, 6) is 0. The molecule has 0 aliphatic rings. The highest BCUT2D eigenvalue weighted by atomic mass is 35.5. The minimum Gasteiger partial charge on any atom is -0.331 e. The molecule has 0 spiro atoms. The predicted octanol–water partition coefficient (Wildman–Crippen LogP) is 5.57. The van der Waals surface area contributed by atoms with E-state index >= 15 is 0 Å².